The van der Waals surface area contributed by atoms with E-state index in [0.717, 1.165) is 4.88 Å². The molecule has 0 aliphatic heterocycles. The molecule has 0 radical (unpaired) electrons. The Morgan fingerprint density at radius 1 is 1.53 bits per heavy atom. The summed E-state index contributed by atoms with van der Waals surface area (Å²) in [6.45, 7) is 4.07. The molecule has 0 spiro atoms. The Labute approximate surface area is 116 Å². The second-order valence-corrected chi connectivity index (χ2v) is 5.93. The fourth-order valence-electron chi connectivity index (χ4n) is 1.93. The van der Waals surface area contributed by atoms with Crippen molar-refractivity contribution in [3.8, 4) is 0 Å². The number of nitrogens with zero attached hydrogens (tertiary/aromatic N) is 3. The van der Waals surface area contributed by atoms with Crippen molar-refractivity contribution in [2.24, 2.45) is 7.05 Å². The third-order valence-electron chi connectivity index (χ3n) is 3.24. The highest BCUT2D eigenvalue weighted by molar-refractivity contribution is 7.12. The van der Waals surface area contributed by atoms with Crippen LogP contribution in [0, 0.1) is 6.92 Å². The Hall–Kier alpha value is -1.82. The quantitative estimate of drug-likeness (QED) is 0.936. The second kappa shape index (κ2) is 5.05. The minimum absolute atomic E-state index is 0.0144. The highest BCUT2D eigenvalue weighted by Gasteiger charge is 2.24. The van der Waals surface area contributed by atoms with Crippen LogP contribution in [0.4, 0.5) is 5.69 Å². The van der Waals surface area contributed by atoms with Crippen LogP contribution >= 0.6 is 11.3 Å². The van der Waals surface area contributed by atoms with Crippen LogP contribution in [-0.4, -0.2) is 27.6 Å². The summed E-state index contributed by atoms with van der Waals surface area (Å²) in [7, 11) is 3.51. The lowest BCUT2D eigenvalue weighted by Crippen LogP contribution is -2.31. The maximum absolute atomic E-state index is 12.5. The second-order valence-electron chi connectivity index (χ2n) is 4.61. The van der Waals surface area contributed by atoms with Crippen molar-refractivity contribution in [2.45, 2.75) is 19.9 Å². The largest absolute Gasteiger partial charge is 0.396 e. The SMILES string of the molecule is Cc1ccc(C(C)N(C)C(=O)c2c(N)cnn2C)s1. The van der Waals surface area contributed by atoms with E-state index in [1.807, 2.05) is 6.92 Å². The molecule has 1 amide bonds. The van der Waals surface area contributed by atoms with Crippen molar-refractivity contribution < 1.29 is 4.79 Å². The first-order valence-electron chi connectivity index (χ1n) is 6.02. The van der Waals surface area contributed by atoms with Gasteiger partial charge in [0.2, 0.25) is 0 Å². The van der Waals surface area contributed by atoms with Crippen molar-refractivity contribution in [1.29, 1.82) is 0 Å². The molecule has 0 bridgehead atoms. The lowest BCUT2D eigenvalue weighted by molar-refractivity contribution is 0.0735. The molecular formula is C13H18N4OS. The number of thiophene rings is 1. The van der Waals surface area contributed by atoms with Crippen LogP contribution in [-0.2, 0) is 7.05 Å². The van der Waals surface area contributed by atoms with Crippen molar-refractivity contribution in [3.05, 3.63) is 33.8 Å². The monoisotopic (exact) mass is 278 g/mol. The number of nitrogens with two attached hydrogens (primary N) is 1. The summed E-state index contributed by atoms with van der Waals surface area (Å²) in [6.07, 6.45) is 1.50. The first kappa shape index (κ1) is 13.6. The first-order chi connectivity index (χ1) is 8.91. The summed E-state index contributed by atoms with van der Waals surface area (Å²) in [6, 6.07) is 4.13. The summed E-state index contributed by atoms with van der Waals surface area (Å²) in [5.74, 6) is -0.115. The van der Waals surface area contributed by atoms with Crippen molar-refractivity contribution in [2.75, 3.05) is 12.8 Å². The van der Waals surface area contributed by atoms with Gasteiger partial charge < -0.3 is 10.6 Å². The highest BCUT2D eigenvalue weighted by atomic mass is 32.1. The minimum atomic E-state index is -0.115. The zero-order valence-corrected chi connectivity index (χ0v) is 12.4. The van der Waals surface area contributed by atoms with Gasteiger partial charge in [0.1, 0.15) is 5.69 Å². The molecule has 0 aliphatic rings. The van der Waals surface area contributed by atoms with E-state index in [-0.39, 0.29) is 11.9 Å². The van der Waals surface area contributed by atoms with Gasteiger partial charge >= 0.3 is 0 Å². The molecular weight excluding hydrogens is 260 g/mol. The summed E-state index contributed by atoms with van der Waals surface area (Å²) in [5, 5.41) is 4.00. The lowest BCUT2D eigenvalue weighted by Gasteiger charge is -2.24. The Morgan fingerprint density at radius 3 is 2.68 bits per heavy atom. The van der Waals surface area contributed by atoms with E-state index in [9.17, 15) is 4.79 Å². The van der Waals surface area contributed by atoms with E-state index in [1.165, 1.54) is 15.8 Å². The fraction of sp³-hybridized carbons (Fsp3) is 0.385. The van der Waals surface area contributed by atoms with Crippen LogP contribution in [0.15, 0.2) is 18.3 Å². The molecule has 0 fully saturated rings. The smallest absolute Gasteiger partial charge is 0.274 e. The van der Waals surface area contributed by atoms with Gasteiger partial charge in [-0.05, 0) is 26.0 Å². The minimum Gasteiger partial charge on any atom is -0.396 e. The van der Waals surface area contributed by atoms with E-state index in [0.29, 0.717) is 11.4 Å². The number of nitrogen functional groups attached to an aromatic ring is 1. The Kier molecular flexibility index (Phi) is 3.61. The average molecular weight is 278 g/mol. The van der Waals surface area contributed by atoms with Gasteiger partial charge in [-0.1, -0.05) is 0 Å². The van der Waals surface area contributed by atoms with Gasteiger partial charge in [0.05, 0.1) is 17.9 Å². The molecule has 2 rings (SSSR count). The van der Waals surface area contributed by atoms with E-state index in [1.54, 1.807) is 30.3 Å². The van der Waals surface area contributed by atoms with Gasteiger partial charge in [0.25, 0.3) is 5.91 Å². The number of carbonyl (C=O) groups is 1. The maximum atomic E-state index is 12.5. The van der Waals surface area contributed by atoms with Gasteiger partial charge in [0, 0.05) is 23.8 Å². The first-order valence-corrected chi connectivity index (χ1v) is 6.84. The number of amides is 1. The van der Waals surface area contributed by atoms with Crippen LogP contribution in [0.1, 0.15) is 33.2 Å². The van der Waals surface area contributed by atoms with Gasteiger partial charge in [-0.25, -0.2) is 0 Å². The van der Waals surface area contributed by atoms with Crippen LogP contribution in [0.5, 0.6) is 0 Å². The molecule has 1 atom stereocenters. The molecule has 2 heterocycles. The standard InChI is InChI=1S/C13H18N4OS/c1-8-5-6-11(19-8)9(2)16(3)13(18)12-10(14)7-15-17(12)4/h5-7,9H,14H2,1-4H3. The Bertz CT molecular complexity index is 582. The molecule has 6 heteroatoms. The molecule has 2 aromatic rings. The molecule has 2 N–H and O–H groups in total. The molecule has 19 heavy (non-hydrogen) atoms. The van der Waals surface area contributed by atoms with Gasteiger partial charge in [-0.3, -0.25) is 9.48 Å². The number of rotatable bonds is 3. The van der Waals surface area contributed by atoms with Crippen molar-refractivity contribution in [1.82, 2.24) is 14.7 Å². The molecule has 0 aliphatic carbocycles. The summed E-state index contributed by atoms with van der Waals surface area (Å²) in [4.78, 5) is 16.6. The lowest BCUT2D eigenvalue weighted by atomic mass is 10.2. The highest BCUT2D eigenvalue weighted by Crippen LogP contribution is 2.27. The summed E-state index contributed by atoms with van der Waals surface area (Å²) < 4.78 is 1.51. The predicted octanol–water partition coefficient (Wildman–Crippen LogP) is 2.21. The van der Waals surface area contributed by atoms with Crippen LogP contribution < -0.4 is 5.73 Å². The zero-order chi connectivity index (χ0) is 14.2. The van der Waals surface area contributed by atoms with Crippen molar-refractivity contribution in [3.63, 3.8) is 0 Å². The summed E-state index contributed by atoms with van der Waals surface area (Å²) in [5.41, 5.74) is 6.64. The van der Waals surface area contributed by atoms with Gasteiger partial charge in [0.15, 0.2) is 0 Å². The van der Waals surface area contributed by atoms with Crippen LogP contribution in [0.25, 0.3) is 0 Å². The van der Waals surface area contributed by atoms with Gasteiger partial charge in [-0.2, -0.15) is 5.10 Å². The third-order valence-corrected chi connectivity index (χ3v) is 4.41. The maximum Gasteiger partial charge on any atom is 0.274 e. The molecule has 0 saturated heterocycles. The van der Waals surface area contributed by atoms with Crippen LogP contribution in [0.2, 0.25) is 0 Å². The molecule has 0 saturated carbocycles. The number of anilines is 1. The van der Waals surface area contributed by atoms with E-state index in [2.05, 4.69) is 24.2 Å². The number of aryl methyl sites for hydroxylation is 2. The Morgan fingerprint density at radius 2 is 2.21 bits per heavy atom. The zero-order valence-electron chi connectivity index (χ0n) is 11.5. The van der Waals surface area contributed by atoms with Crippen LogP contribution in [0.3, 0.4) is 0 Å². The fourth-order valence-corrected chi connectivity index (χ4v) is 2.90. The number of hydrogen-bond acceptors (Lipinski definition) is 4. The Balaban J connectivity index is 2.24. The van der Waals surface area contributed by atoms with E-state index in [4.69, 9.17) is 5.73 Å². The van der Waals surface area contributed by atoms with E-state index < -0.39 is 0 Å². The number of hydrogen-bond donors (Lipinski definition) is 1. The predicted molar refractivity (Wildman–Crippen MR) is 77.2 cm³/mol. The third kappa shape index (κ3) is 2.49. The number of carbonyl (C=O) groups excluding carboxylic acids is 1. The van der Waals surface area contributed by atoms with E-state index >= 15 is 0 Å². The average Bonchev–Trinajstić information content (AvgIpc) is 2.94. The topological polar surface area (TPSA) is 64.2 Å². The normalized spacial score (nSPS) is 12.4. The number of aromatic nitrogens is 2. The summed E-state index contributed by atoms with van der Waals surface area (Å²) >= 11 is 1.70. The molecule has 5 nitrogen and oxygen atoms in total. The molecule has 102 valence electrons. The van der Waals surface area contributed by atoms with Gasteiger partial charge in [-0.15, -0.1) is 11.3 Å². The molecule has 2 aromatic heterocycles. The molecule has 1 unspecified atom stereocenters. The molecule has 0 aromatic carbocycles. The van der Waals surface area contributed by atoms with Crippen molar-refractivity contribution >= 4 is 22.9 Å².